The Morgan fingerprint density at radius 3 is 2.52 bits per heavy atom. The van der Waals surface area contributed by atoms with E-state index in [0.29, 0.717) is 21.7 Å². The fraction of sp³-hybridized carbons (Fsp3) is 0.174. The smallest absolute Gasteiger partial charge is 0.338 e. The van der Waals surface area contributed by atoms with Crippen LogP contribution in [0.2, 0.25) is 5.02 Å². The van der Waals surface area contributed by atoms with Gasteiger partial charge in [-0.05, 0) is 48.7 Å². The number of carboxylic acid groups (broad SMARTS) is 1. The van der Waals surface area contributed by atoms with Crippen LogP contribution < -0.4 is 5.73 Å². The van der Waals surface area contributed by atoms with Crippen LogP contribution in [0.15, 0.2) is 65.3 Å². The monoisotopic (exact) mass is 438 g/mol. The second kappa shape index (κ2) is 8.94. The predicted molar refractivity (Wildman–Crippen MR) is 114 cm³/mol. The van der Waals surface area contributed by atoms with Crippen molar-refractivity contribution in [2.75, 3.05) is 6.61 Å². The lowest BCUT2D eigenvalue weighted by molar-refractivity contribution is -0.139. The van der Waals surface area contributed by atoms with Crippen LogP contribution in [0.3, 0.4) is 0 Å². The molecule has 0 spiro atoms. The Morgan fingerprint density at radius 2 is 1.94 bits per heavy atom. The molecule has 1 unspecified atom stereocenters. The lowest BCUT2D eigenvalue weighted by Crippen LogP contribution is -2.25. The number of carbonyl (C=O) groups excluding carboxylic acids is 1. The molecular formula is C23H19ClN2O5. The highest BCUT2D eigenvalue weighted by Gasteiger charge is 2.36. The molecule has 8 heteroatoms. The zero-order valence-corrected chi connectivity index (χ0v) is 17.6. The Hall–Kier alpha value is -3.76. The lowest BCUT2D eigenvalue weighted by Gasteiger charge is -2.27. The molecule has 0 radical (unpaired) electrons. The van der Waals surface area contributed by atoms with Gasteiger partial charge in [-0.25, -0.2) is 9.59 Å². The molecule has 0 aliphatic carbocycles. The van der Waals surface area contributed by atoms with E-state index < -0.39 is 17.9 Å². The first-order valence-electron chi connectivity index (χ1n) is 9.37. The average Bonchev–Trinajstić information content (AvgIpc) is 2.73. The molecule has 1 heterocycles. The van der Waals surface area contributed by atoms with Gasteiger partial charge in [0.15, 0.2) is 0 Å². The molecule has 3 N–H and O–H groups in total. The maximum atomic E-state index is 12.6. The van der Waals surface area contributed by atoms with Crippen LogP contribution in [-0.4, -0.2) is 23.7 Å². The van der Waals surface area contributed by atoms with Gasteiger partial charge in [0.2, 0.25) is 5.88 Å². The summed E-state index contributed by atoms with van der Waals surface area (Å²) in [5.41, 5.74) is 7.96. The molecule has 158 valence electrons. The number of rotatable bonds is 5. The molecule has 1 aliphatic heterocycles. The van der Waals surface area contributed by atoms with Crippen molar-refractivity contribution >= 4 is 23.5 Å². The van der Waals surface area contributed by atoms with Gasteiger partial charge in [-0.15, -0.1) is 0 Å². The van der Waals surface area contributed by atoms with Crippen molar-refractivity contribution in [3.05, 3.63) is 81.4 Å². The molecule has 0 fully saturated rings. The number of nitriles is 1. The van der Waals surface area contributed by atoms with Crippen LogP contribution in [0, 0.1) is 11.3 Å². The number of carboxylic acids is 1. The summed E-state index contributed by atoms with van der Waals surface area (Å²) in [5.74, 6) is -2.27. The number of benzene rings is 2. The van der Waals surface area contributed by atoms with E-state index in [4.69, 9.17) is 26.8 Å². The normalized spacial score (nSPS) is 15.9. The number of nitrogens with two attached hydrogens (primary N) is 1. The Labute approximate surface area is 183 Å². The fourth-order valence-electron chi connectivity index (χ4n) is 3.49. The van der Waals surface area contributed by atoms with Gasteiger partial charge in [-0.3, -0.25) is 0 Å². The van der Waals surface area contributed by atoms with Crippen molar-refractivity contribution in [1.29, 1.82) is 5.26 Å². The van der Waals surface area contributed by atoms with E-state index in [-0.39, 0.29) is 35.0 Å². The van der Waals surface area contributed by atoms with Crippen molar-refractivity contribution < 1.29 is 24.2 Å². The van der Waals surface area contributed by atoms with Crippen molar-refractivity contribution in [3.8, 4) is 17.2 Å². The van der Waals surface area contributed by atoms with E-state index in [0.717, 1.165) is 0 Å². The standard InChI is InChI=1S/C23H19ClN2O5/c1-3-30-23(29)19-12(2)31-21(26)18(11-25)20(19)14-6-4-13(5-7-14)17-10-15(24)8-9-16(17)22(27)28/h4-10,20H,3,26H2,1-2H3,(H,27,28). The molecule has 0 aromatic heterocycles. The number of esters is 1. The number of aromatic carboxylic acids is 1. The van der Waals surface area contributed by atoms with Gasteiger partial charge in [-0.2, -0.15) is 5.26 Å². The molecule has 2 aromatic carbocycles. The summed E-state index contributed by atoms with van der Waals surface area (Å²) >= 11 is 6.06. The van der Waals surface area contributed by atoms with Crippen molar-refractivity contribution in [2.45, 2.75) is 19.8 Å². The zero-order chi connectivity index (χ0) is 22.7. The Bertz CT molecular complexity index is 1160. The summed E-state index contributed by atoms with van der Waals surface area (Å²) in [6.45, 7) is 3.43. The third-order valence-electron chi connectivity index (χ3n) is 4.87. The number of hydrogen-bond donors (Lipinski definition) is 2. The minimum Gasteiger partial charge on any atom is -0.478 e. The van der Waals surface area contributed by atoms with Crippen molar-refractivity contribution in [3.63, 3.8) is 0 Å². The third-order valence-corrected chi connectivity index (χ3v) is 5.10. The van der Waals surface area contributed by atoms with E-state index >= 15 is 0 Å². The Kier molecular flexibility index (Phi) is 6.33. The molecule has 7 nitrogen and oxygen atoms in total. The van der Waals surface area contributed by atoms with Crippen LogP contribution in [0.1, 0.15) is 35.7 Å². The summed E-state index contributed by atoms with van der Waals surface area (Å²) in [4.78, 5) is 24.2. The van der Waals surface area contributed by atoms with E-state index in [2.05, 4.69) is 0 Å². The highest BCUT2D eigenvalue weighted by atomic mass is 35.5. The van der Waals surface area contributed by atoms with E-state index in [9.17, 15) is 20.0 Å². The molecule has 0 saturated carbocycles. The van der Waals surface area contributed by atoms with E-state index in [1.54, 1.807) is 44.2 Å². The van der Waals surface area contributed by atoms with Crippen LogP contribution in [0.4, 0.5) is 0 Å². The third kappa shape index (κ3) is 4.25. The number of hydrogen-bond acceptors (Lipinski definition) is 6. The first kappa shape index (κ1) is 21.9. The first-order valence-corrected chi connectivity index (χ1v) is 9.74. The fourth-order valence-corrected chi connectivity index (χ4v) is 3.66. The maximum Gasteiger partial charge on any atom is 0.338 e. The minimum absolute atomic E-state index is 0.0786. The Morgan fingerprint density at radius 1 is 1.26 bits per heavy atom. The summed E-state index contributed by atoms with van der Waals surface area (Å²) in [7, 11) is 0. The van der Waals surface area contributed by atoms with Gasteiger partial charge in [0.05, 0.1) is 23.7 Å². The molecule has 1 aliphatic rings. The number of ether oxygens (including phenoxy) is 2. The number of halogens is 1. The molecule has 1 atom stereocenters. The molecular weight excluding hydrogens is 420 g/mol. The molecule has 0 bridgehead atoms. The van der Waals surface area contributed by atoms with Gasteiger partial charge < -0.3 is 20.3 Å². The van der Waals surface area contributed by atoms with Crippen molar-refractivity contribution in [2.24, 2.45) is 5.73 Å². The minimum atomic E-state index is -1.08. The zero-order valence-electron chi connectivity index (χ0n) is 16.8. The quantitative estimate of drug-likeness (QED) is 0.665. The lowest BCUT2D eigenvalue weighted by atomic mass is 9.82. The summed E-state index contributed by atoms with van der Waals surface area (Å²) in [6, 6.07) is 13.3. The summed E-state index contributed by atoms with van der Waals surface area (Å²) < 4.78 is 10.6. The van der Waals surface area contributed by atoms with Crippen LogP contribution in [-0.2, 0) is 14.3 Å². The topological polar surface area (TPSA) is 123 Å². The first-order chi connectivity index (χ1) is 14.8. The number of carbonyl (C=O) groups is 2. The van der Waals surface area contributed by atoms with Crippen LogP contribution in [0.25, 0.3) is 11.1 Å². The van der Waals surface area contributed by atoms with E-state index in [1.807, 2.05) is 6.07 Å². The maximum absolute atomic E-state index is 12.6. The van der Waals surface area contributed by atoms with Gasteiger partial charge >= 0.3 is 11.9 Å². The number of nitrogens with zero attached hydrogens (tertiary/aromatic N) is 1. The molecule has 2 aromatic rings. The highest BCUT2D eigenvalue weighted by Crippen LogP contribution is 2.40. The van der Waals surface area contributed by atoms with Crippen molar-refractivity contribution in [1.82, 2.24) is 0 Å². The Balaban J connectivity index is 2.11. The molecule has 0 amide bonds. The van der Waals surface area contributed by atoms with Gasteiger partial charge in [-0.1, -0.05) is 35.9 Å². The second-order valence-electron chi connectivity index (χ2n) is 6.73. The SMILES string of the molecule is CCOC(=O)C1=C(C)OC(N)=C(C#N)C1c1ccc(-c2cc(Cl)ccc2C(=O)O)cc1. The molecule has 0 saturated heterocycles. The largest absolute Gasteiger partial charge is 0.478 e. The number of allylic oxidation sites excluding steroid dienone is 2. The van der Waals surface area contributed by atoms with Gasteiger partial charge in [0, 0.05) is 5.02 Å². The average molecular weight is 439 g/mol. The van der Waals surface area contributed by atoms with E-state index in [1.165, 1.54) is 12.1 Å². The summed E-state index contributed by atoms with van der Waals surface area (Å²) in [5, 5.41) is 19.5. The van der Waals surface area contributed by atoms with Crippen LogP contribution >= 0.6 is 11.6 Å². The molecule has 31 heavy (non-hydrogen) atoms. The predicted octanol–water partition coefficient (Wildman–Crippen LogP) is 4.35. The summed E-state index contributed by atoms with van der Waals surface area (Å²) in [6.07, 6.45) is 0. The highest BCUT2D eigenvalue weighted by molar-refractivity contribution is 6.31. The van der Waals surface area contributed by atoms with Gasteiger partial charge in [0.1, 0.15) is 17.4 Å². The van der Waals surface area contributed by atoms with Crippen LogP contribution in [0.5, 0.6) is 0 Å². The second-order valence-corrected chi connectivity index (χ2v) is 7.17. The van der Waals surface area contributed by atoms with Gasteiger partial charge in [0.25, 0.3) is 0 Å². The molecule has 3 rings (SSSR count).